The van der Waals surface area contributed by atoms with Gasteiger partial charge in [-0.1, -0.05) is 16.8 Å². The van der Waals surface area contributed by atoms with Crippen molar-refractivity contribution >= 4 is 23.6 Å². The summed E-state index contributed by atoms with van der Waals surface area (Å²) in [4.78, 5) is 12.3. The van der Waals surface area contributed by atoms with Crippen LogP contribution in [0, 0.1) is 0 Å². The van der Waals surface area contributed by atoms with Crippen LogP contribution in [0.1, 0.15) is 29.8 Å². The standard InChI is InChI=1S/C17H16ClNO3/c1-17(2,11-19-21)22-15-9-5-13(6-10-15)16(20)12-3-7-14(18)8-4-12/h3-11,21H,1-2H3. The van der Waals surface area contributed by atoms with Crippen molar-refractivity contribution in [2.24, 2.45) is 5.16 Å². The molecule has 0 aliphatic heterocycles. The van der Waals surface area contributed by atoms with Crippen molar-refractivity contribution in [3.63, 3.8) is 0 Å². The van der Waals surface area contributed by atoms with Crippen LogP contribution in [0.2, 0.25) is 5.02 Å². The summed E-state index contributed by atoms with van der Waals surface area (Å²) in [6.07, 6.45) is 1.29. The molecule has 2 aromatic carbocycles. The maximum Gasteiger partial charge on any atom is 0.193 e. The molecule has 0 aromatic heterocycles. The van der Waals surface area contributed by atoms with Gasteiger partial charge in [-0.3, -0.25) is 4.79 Å². The summed E-state index contributed by atoms with van der Waals surface area (Å²) in [6.45, 7) is 3.53. The monoisotopic (exact) mass is 317 g/mol. The first-order chi connectivity index (χ1) is 10.4. The average molecular weight is 318 g/mol. The third-order valence-corrected chi connectivity index (χ3v) is 3.22. The fourth-order valence-electron chi connectivity index (χ4n) is 1.91. The predicted molar refractivity (Wildman–Crippen MR) is 86.3 cm³/mol. The van der Waals surface area contributed by atoms with Gasteiger partial charge < -0.3 is 9.94 Å². The van der Waals surface area contributed by atoms with E-state index in [9.17, 15) is 4.79 Å². The summed E-state index contributed by atoms with van der Waals surface area (Å²) in [5, 5.41) is 12.1. The van der Waals surface area contributed by atoms with Gasteiger partial charge in [0.25, 0.3) is 0 Å². The second-order valence-corrected chi connectivity index (χ2v) is 5.75. The van der Waals surface area contributed by atoms with E-state index in [0.717, 1.165) is 0 Å². The topological polar surface area (TPSA) is 58.9 Å². The van der Waals surface area contributed by atoms with E-state index in [1.54, 1.807) is 62.4 Å². The second-order valence-electron chi connectivity index (χ2n) is 5.31. The van der Waals surface area contributed by atoms with Gasteiger partial charge in [0.05, 0.1) is 6.21 Å². The van der Waals surface area contributed by atoms with Crippen LogP contribution in [-0.2, 0) is 0 Å². The van der Waals surface area contributed by atoms with E-state index in [1.165, 1.54) is 6.21 Å². The Morgan fingerprint density at radius 3 is 2.09 bits per heavy atom. The van der Waals surface area contributed by atoms with Crippen molar-refractivity contribution in [1.82, 2.24) is 0 Å². The molecule has 2 rings (SSSR count). The molecule has 4 nitrogen and oxygen atoms in total. The van der Waals surface area contributed by atoms with E-state index in [1.807, 2.05) is 0 Å². The highest BCUT2D eigenvalue weighted by Crippen LogP contribution is 2.20. The smallest absolute Gasteiger partial charge is 0.193 e. The van der Waals surface area contributed by atoms with E-state index < -0.39 is 5.60 Å². The number of ether oxygens (including phenoxy) is 1. The molecule has 1 N–H and O–H groups in total. The molecule has 0 aliphatic carbocycles. The van der Waals surface area contributed by atoms with Gasteiger partial charge in [-0.25, -0.2) is 0 Å². The summed E-state index contributed by atoms with van der Waals surface area (Å²) in [6, 6.07) is 13.5. The van der Waals surface area contributed by atoms with Crippen molar-refractivity contribution in [3.05, 3.63) is 64.7 Å². The summed E-state index contributed by atoms with van der Waals surface area (Å²) in [5.41, 5.74) is 0.394. The lowest BCUT2D eigenvalue weighted by Gasteiger charge is -2.21. The number of hydrogen-bond donors (Lipinski definition) is 1. The highest BCUT2D eigenvalue weighted by Gasteiger charge is 2.17. The molecule has 0 saturated carbocycles. The minimum Gasteiger partial charge on any atom is -0.482 e. The maximum absolute atomic E-state index is 12.3. The Labute approximate surface area is 134 Å². The molecule has 0 fully saturated rings. The first kappa shape index (κ1) is 16.0. The van der Waals surface area contributed by atoms with Crippen LogP contribution in [0.5, 0.6) is 5.75 Å². The number of hydrogen-bond acceptors (Lipinski definition) is 4. The molecule has 0 amide bonds. The number of ketones is 1. The molecule has 2 aromatic rings. The Kier molecular flexibility index (Phi) is 4.83. The lowest BCUT2D eigenvalue weighted by molar-refractivity contribution is 0.103. The predicted octanol–water partition coefficient (Wildman–Crippen LogP) is 4.19. The zero-order chi connectivity index (χ0) is 16.2. The van der Waals surface area contributed by atoms with E-state index in [2.05, 4.69) is 5.16 Å². The van der Waals surface area contributed by atoms with E-state index in [4.69, 9.17) is 21.5 Å². The summed E-state index contributed by atoms with van der Waals surface area (Å²) in [7, 11) is 0. The third-order valence-electron chi connectivity index (χ3n) is 2.97. The first-order valence-electron chi connectivity index (χ1n) is 6.69. The number of rotatable bonds is 5. The van der Waals surface area contributed by atoms with Crippen LogP contribution < -0.4 is 4.74 Å². The number of carbonyl (C=O) groups excluding carboxylic acids is 1. The number of halogens is 1. The van der Waals surface area contributed by atoms with Gasteiger partial charge in [0.2, 0.25) is 0 Å². The van der Waals surface area contributed by atoms with Gasteiger partial charge in [0, 0.05) is 16.1 Å². The zero-order valence-corrected chi connectivity index (χ0v) is 13.0. The molecule has 0 atom stereocenters. The molecule has 22 heavy (non-hydrogen) atoms. The van der Waals surface area contributed by atoms with Gasteiger partial charge >= 0.3 is 0 Å². The van der Waals surface area contributed by atoms with Crippen molar-refractivity contribution in [2.75, 3.05) is 0 Å². The van der Waals surface area contributed by atoms with Crippen molar-refractivity contribution in [3.8, 4) is 5.75 Å². The minimum absolute atomic E-state index is 0.0839. The lowest BCUT2D eigenvalue weighted by Crippen LogP contribution is -2.29. The molecular weight excluding hydrogens is 302 g/mol. The van der Waals surface area contributed by atoms with Gasteiger partial charge in [0.15, 0.2) is 5.78 Å². The Bertz CT molecular complexity index is 676. The van der Waals surface area contributed by atoms with Crippen molar-refractivity contribution in [1.29, 1.82) is 0 Å². The summed E-state index contributed by atoms with van der Waals surface area (Å²) in [5.74, 6) is 0.497. The van der Waals surface area contributed by atoms with Crippen LogP contribution in [0.4, 0.5) is 0 Å². The summed E-state index contributed by atoms with van der Waals surface area (Å²) < 4.78 is 5.66. The van der Waals surface area contributed by atoms with Gasteiger partial charge in [-0.15, -0.1) is 0 Å². The molecule has 0 unspecified atom stereocenters. The van der Waals surface area contributed by atoms with Crippen molar-refractivity contribution < 1.29 is 14.7 Å². The first-order valence-corrected chi connectivity index (χ1v) is 7.07. The fourth-order valence-corrected chi connectivity index (χ4v) is 2.04. The molecular formula is C17H16ClNO3. The largest absolute Gasteiger partial charge is 0.482 e. The minimum atomic E-state index is -0.740. The van der Waals surface area contributed by atoms with Crippen LogP contribution in [-0.4, -0.2) is 22.8 Å². The van der Waals surface area contributed by atoms with Crippen LogP contribution in [0.25, 0.3) is 0 Å². The van der Waals surface area contributed by atoms with Gasteiger partial charge in [-0.05, 0) is 62.4 Å². The number of carbonyl (C=O) groups is 1. The summed E-state index contributed by atoms with van der Waals surface area (Å²) >= 11 is 5.81. The molecule has 0 bridgehead atoms. The lowest BCUT2D eigenvalue weighted by atomic mass is 10.0. The van der Waals surface area contributed by atoms with Crippen LogP contribution >= 0.6 is 11.6 Å². The highest BCUT2D eigenvalue weighted by atomic mass is 35.5. The van der Waals surface area contributed by atoms with Gasteiger partial charge in [-0.2, -0.15) is 0 Å². The number of oxime groups is 1. The Balaban J connectivity index is 2.15. The zero-order valence-electron chi connectivity index (χ0n) is 12.3. The molecule has 0 heterocycles. The van der Waals surface area contributed by atoms with Crippen molar-refractivity contribution in [2.45, 2.75) is 19.4 Å². The number of nitrogens with zero attached hydrogens (tertiary/aromatic N) is 1. The molecule has 0 aliphatic rings. The van der Waals surface area contributed by atoms with Crippen LogP contribution in [0.15, 0.2) is 53.7 Å². The SMILES string of the molecule is CC(C)(C=NO)Oc1ccc(C(=O)c2ccc(Cl)cc2)cc1. The molecule has 0 radical (unpaired) electrons. The highest BCUT2D eigenvalue weighted by molar-refractivity contribution is 6.30. The molecule has 5 heteroatoms. The Hall–Kier alpha value is -2.33. The van der Waals surface area contributed by atoms with E-state index >= 15 is 0 Å². The normalized spacial score (nSPS) is 11.6. The van der Waals surface area contributed by atoms with E-state index in [-0.39, 0.29) is 5.78 Å². The maximum atomic E-state index is 12.3. The molecule has 0 saturated heterocycles. The number of benzene rings is 2. The van der Waals surface area contributed by atoms with Crippen LogP contribution in [0.3, 0.4) is 0 Å². The molecule has 0 spiro atoms. The Morgan fingerprint density at radius 2 is 1.59 bits per heavy atom. The third kappa shape index (κ3) is 4.09. The fraction of sp³-hybridized carbons (Fsp3) is 0.176. The molecule has 114 valence electrons. The van der Waals surface area contributed by atoms with E-state index in [0.29, 0.717) is 21.9 Å². The second kappa shape index (κ2) is 6.62. The Morgan fingerprint density at radius 1 is 1.09 bits per heavy atom. The average Bonchev–Trinajstić information content (AvgIpc) is 2.47. The van der Waals surface area contributed by atoms with Gasteiger partial charge in [0.1, 0.15) is 11.4 Å². The quantitative estimate of drug-likeness (QED) is 0.389.